The second-order valence-corrected chi connectivity index (χ2v) is 8.24. The van der Waals surface area contributed by atoms with E-state index in [2.05, 4.69) is 14.8 Å². The number of likely N-dealkylation sites (tertiary alicyclic amines) is 1. The number of carbonyl (C=O) groups excluding carboxylic acids is 1. The van der Waals surface area contributed by atoms with E-state index in [1.54, 1.807) is 0 Å². The van der Waals surface area contributed by atoms with Crippen molar-refractivity contribution in [2.24, 2.45) is 0 Å². The van der Waals surface area contributed by atoms with E-state index >= 15 is 0 Å². The molecule has 1 atom stereocenters. The molecule has 5 nitrogen and oxygen atoms in total. The van der Waals surface area contributed by atoms with Gasteiger partial charge in [-0.05, 0) is 55.2 Å². The average molecular weight is 429 g/mol. The predicted octanol–water partition coefficient (Wildman–Crippen LogP) is 4.85. The van der Waals surface area contributed by atoms with Gasteiger partial charge >= 0.3 is 0 Å². The van der Waals surface area contributed by atoms with Crippen LogP contribution < -0.4 is 0 Å². The molecule has 1 aliphatic heterocycles. The van der Waals surface area contributed by atoms with Crippen LogP contribution in [0.4, 0.5) is 0 Å². The van der Waals surface area contributed by atoms with Gasteiger partial charge in [-0.2, -0.15) is 0 Å². The summed E-state index contributed by atoms with van der Waals surface area (Å²) < 4.78 is 2.10. The van der Waals surface area contributed by atoms with Crippen LogP contribution in [0, 0.1) is 6.92 Å². The molecule has 0 radical (unpaired) electrons. The first-order valence-corrected chi connectivity index (χ1v) is 10.4. The third kappa shape index (κ3) is 4.46. The summed E-state index contributed by atoms with van der Waals surface area (Å²) in [6.07, 6.45) is 2.22. The van der Waals surface area contributed by atoms with Crippen LogP contribution in [0.2, 0.25) is 10.0 Å². The van der Waals surface area contributed by atoms with Crippen molar-refractivity contribution in [1.82, 2.24) is 19.7 Å². The smallest absolute Gasteiger partial charge is 0.227 e. The summed E-state index contributed by atoms with van der Waals surface area (Å²) in [4.78, 5) is 15.0. The molecule has 1 aromatic heterocycles. The van der Waals surface area contributed by atoms with E-state index in [0.29, 0.717) is 23.0 Å². The van der Waals surface area contributed by atoms with Crippen molar-refractivity contribution in [3.8, 4) is 0 Å². The van der Waals surface area contributed by atoms with Crippen LogP contribution in [0.5, 0.6) is 0 Å². The zero-order chi connectivity index (χ0) is 20.4. The van der Waals surface area contributed by atoms with Gasteiger partial charge in [0.1, 0.15) is 5.82 Å². The Hall–Kier alpha value is -2.37. The number of nitrogens with zero attached hydrogens (tertiary/aromatic N) is 4. The summed E-state index contributed by atoms with van der Waals surface area (Å²) in [5.41, 5.74) is 2.08. The van der Waals surface area contributed by atoms with Crippen LogP contribution in [0.25, 0.3) is 0 Å². The van der Waals surface area contributed by atoms with Gasteiger partial charge in [0.25, 0.3) is 0 Å². The normalized spacial score (nSPS) is 16.4. The van der Waals surface area contributed by atoms with Gasteiger partial charge in [0.05, 0.1) is 19.0 Å². The molecule has 2 heterocycles. The van der Waals surface area contributed by atoms with E-state index in [1.165, 1.54) is 0 Å². The molecular weight excluding hydrogens is 407 g/mol. The van der Waals surface area contributed by atoms with Crippen molar-refractivity contribution in [2.45, 2.75) is 38.8 Å². The molecule has 0 unspecified atom stereocenters. The maximum Gasteiger partial charge on any atom is 0.227 e. The lowest BCUT2D eigenvalue weighted by Crippen LogP contribution is -2.33. The molecule has 1 amide bonds. The zero-order valence-corrected chi connectivity index (χ0v) is 17.7. The van der Waals surface area contributed by atoms with Crippen molar-refractivity contribution in [1.29, 1.82) is 0 Å². The van der Waals surface area contributed by atoms with Crippen molar-refractivity contribution in [2.75, 3.05) is 6.54 Å². The van der Waals surface area contributed by atoms with Crippen molar-refractivity contribution in [3.05, 3.63) is 81.4 Å². The molecule has 4 rings (SSSR count). The highest BCUT2D eigenvalue weighted by atomic mass is 35.5. The van der Waals surface area contributed by atoms with E-state index in [0.717, 1.165) is 42.2 Å². The van der Waals surface area contributed by atoms with Crippen LogP contribution in [0.15, 0.2) is 48.5 Å². The third-order valence-corrected chi connectivity index (χ3v) is 5.86. The number of halogens is 2. The maximum atomic E-state index is 13.0. The highest BCUT2D eigenvalue weighted by Gasteiger charge is 2.33. The van der Waals surface area contributed by atoms with Crippen LogP contribution in [-0.2, 0) is 17.8 Å². The van der Waals surface area contributed by atoms with E-state index in [9.17, 15) is 4.79 Å². The van der Waals surface area contributed by atoms with Crippen molar-refractivity contribution >= 4 is 29.1 Å². The SMILES string of the molecule is Cc1nnc([C@H]2CCCN2C(=O)Cc2ccc(Cl)cc2)n1Cc1ccc(Cl)cc1. The Labute approximate surface area is 180 Å². The second kappa shape index (κ2) is 8.56. The largest absolute Gasteiger partial charge is 0.332 e. The minimum atomic E-state index is -0.0525. The van der Waals surface area contributed by atoms with E-state index in [-0.39, 0.29) is 11.9 Å². The number of carbonyl (C=O) groups is 1. The fraction of sp³-hybridized carbons (Fsp3) is 0.318. The zero-order valence-electron chi connectivity index (χ0n) is 16.2. The quantitative estimate of drug-likeness (QED) is 0.583. The fourth-order valence-electron chi connectivity index (χ4n) is 3.82. The second-order valence-electron chi connectivity index (χ2n) is 7.37. The molecule has 3 aromatic rings. The fourth-order valence-corrected chi connectivity index (χ4v) is 4.08. The van der Waals surface area contributed by atoms with E-state index in [4.69, 9.17) is 23.2 Å². The number of aryl methyl sites for hydroxylation is 1. The van der Waals surface area contributed by atoms with Gasteiger partial charge in [-0.25, -0.2) is 0 Å². The lowest BCUT2D eigenvalue weighted by Gasteiger charge is -2.25. The summed E-state index contributed by atoms with van der Waals surface area (Å²) in [5.74, 6) is 1.79. The first kappa shape index (κ1) is 19.9. The Morgan fingerprint density at radius 1 is 1.00 bits per heavy atom. The summed E-state index contributed by atoms with van der Waals surface area (Å²) in [5, 5.41) is 10.1. The summed E-state index contributed by atoms with van der Waals surface area (Å²) in [6.45, 7) is 3.34. The molecule has 0 saturated carbocycles. The highest BCUT2D eigenvalue weighted by molar-refractivity contribution is 6.30. The maximum absolute atomic E-state index is 13.0. The number of aromatic nitrogens is 3. The number of hydrogen-bond acceptors (Lipinski definition) is 3. The standard InChI is InChI=1S/C22H22Cl2N4O/c1-15-25-26-22(28(15)14-17-6-10-19(24)11-7-17)20-3-2-12-27(20)21(29)13-16-4-8-18(23)9-5-16/h4-11,20H,2-3,12-14H2,1H3/t20-/m1/s1. The predicted molar refractivity (Wildman–Crippen MR) is 114 cm³/mol. The molecule has 0 aliphatic carbocycles. The lowest BCUT2D eigenvalue weighted by molar-refractivity contribution is -0.131. The topological polar surface area (TPSA) is 51.0 Å². The van der Waals surface area contributed by atoms with Gasteiger partial charge < -0.3 is 9.47 Å². The van der Waals surface area contributed by atoms with E-state index < -0.39 is 0 Å². The van der Waals surface area contributed by atoms with E-state index in [1.807, 2.05) is 60.4 Å². The van der Waals surface area contributed by atoms with Crippen LogP contribution >= 0.6 is 23.2 Å². The molecule has 7 heteroatoms. The molecule has 1 saturated heterocycles. The minimum absolute atomic E-state index is 0.0525. The summed E-state index contributed by atoms with van der Waals surface area (Å²) in [7, 11) is 0. The Kier molecular flexibility index (Phi) is 5.88. The van der Waals surface area contributed by atoms with Crippen molar-refractivity contribution in [3.63, 3.8) is 0 Å². The summed E-state index contributed by atoms with van der Waals surface area (Å²) >= 11 is 12.0. The van der Waals surface area contributed by atoms with Gasteiger partial charge in [0.2, 0.25) is 5.91 Å². The van der Waals surface area contributed by atoms with Crippen LogP contribution in [0.3, 0.4) is 0 Å². The monoisotopic (exact) mass is 428 g/mol. The summed E-state index contributed by atoms with van der Waals surface area (Å²) in [6, 6.07) is 15.2. The van der Waals surface area contributed by atoms with Gasteiger partial charge in [-0.1, -0.05) is 47.5 Å². The van der Waals surface area contributed by atoms with Crippen molar-refractivity contribution < 1.29 is 4.79 Å². The lowest BCUT2D eigenvalue weighted by atomic mass is 10.1. The highest BCUT2D eigenvalue weighted by Crippen LogP contribution is 2.32. The molecule has 0 N–H and O–H groups in total. The van der Waals surface area contributed by atoms with Crippen LogP contribution in [-0.4, -0.2) is 32.1 Å². The molecular formula is C22H22Cl2N4O. The molecule has 150 valence electrons. The average Bonchev–Trinajstić information content (AvgIpc) is 3.33. The Bertz CT molecular complexity index is 999. The number of benzene rings is 2. The van der Waals surface area contributed by atoms with Gasteiger partial charge in [0.15, 0.2) is 5.82 Å². The number of hydrogen-bond donors (Lipinski definition) is 0. The van der Waals surface area contributed by atoms with Gasteiger partial charge in [0, 0.05) is 16.6 Å². The third-order valence-electron chi connectivity index (χ3n) is 5.36. The first-order valence-electron chi connectivity index (χ1n) is 9.69. The number of rotatable bonds is 5. The van der Waals surface area contributed by atoms with Gasteiger partial charge in [-0.15, -0.1) is 10.2 Å². The molecule has 0 bridgehead atoms. The van der Waals surface area contributed by atoms with Crippen LogP contribution in [0.1, 0.15) is 41.7 Å². The Morgan fingerprint density at radius 2 is 1.62 bits per heavy atom. The number of amides is 1. The minimum Gasteiger partial charge on any atom is -0.332 e. The molecule has 29 heavy (non-hydrogen) atoms. The molecule has 1 aliphatic rings. The first-order chi connectivity index (χ1) is 14.0. The Morgan fingerprint density at radius 3 is 2.28 bits per heavy atom. The molecule has 1 fully saturated rings. The Balaban J connectivity index is 1.55. The van der Waals surface area contributed by atoms with Gasteiger partial charge in [-0.3, -0.25) is 4.79 Å². The molecule has 2 aromatic carbocycles. The molecule has 0 spiro atoms.